The number of carbonyl (C=O) groups excluding carboxylic acids is 1. The van der Waals surface area contributed by atoms with E-state index in [1.165, 1.54) is 0 Å². The molecule has 0 aliphatic carbocycles. The SMILES string of the molecule is CCN(C)c1ccc(C(=O)C(C)C)cn1. The van der Waals surface area contributed by atoms with Gasteiger partial charge in [0.25, 0.3) is 0 Å². The molecule has 3 nitrogen and oxygen atoms in total. The molecule has 0 N–H and O–H groups in total. The van der Waals surface area contributed by atoms with Gasteiger partial charge in [0, 0.05) is 31.3 Å². The van der Waals surface area contributed by atoms with Crippen molar-refractivity contribution in [1.29, 1.82) is 0 Å². The molecule has 0 bridgehead atoms. The molecule has 0 saturated carbocycles. The highest BCUT2D eigenvalue weighted by molar-refractivity contribution is 5.97. The first kappa shape index (κ1) is 11.7. The third kappa shape index (κ3) is 2.78. The summed E-state index contributed by atoms with van der Waals surface area (Å²) in [5.41, 5.74) is 0.693. The van der Waals surface area contributed by atoms with Gasteiger partial charge in [-0.15, -0.1) is 0 Å². The summed E-state index contributed by atoms with van der Waals surface area (Å²) in [4.78, 5) is 17.9. The summed E-state index contributed by atoms with van der Waals surface area (Å²) in [6.07, 6.45) is 1.66. The van der Waals surface area contributed by atoms with E-state index in [2.05, 4.69) is 11.9 Å². The van der Waals surface area contributed by atoms with Gasteiger partial charge < -0.3 is 4.90 Å². The van der Waals surface area contributed by atoms with Crippen molar-refractivity contribution in [3.8, 4) is 0 Å². The number of aromatic nitrogens is 1. The first-order valence-corrected chi connectivity index (χ1v) is 5.27. The number of Topliss-reactive ketones (excluding diaryl/α,β-unsaturated/α-hetero) is 1. The van der Waals surface area contributed by atoms with Gasteiger partial charge in [0.05, 0.1) is 0 Å². The fraction of sp³-hybridized carbons (Fsp3) is 0.500. The Morgan fingerprint density at radius 1 is 1.47 bits per heavy atom. The zero-order chi connectivity index (χ0) is 11.4. The zero-order valence-electron chi connectivity index (χ0n) is 9.82. The minimum Gasteiger partial charge on any atom is -0.360 e. The van der Waals surface area contributed by atoms with Crippen LogP contribution in [0.2, 0.25) is 0 Å². The number of anilines is 1. The standard InChI is InChI=1S/C12H18N2O/c1-5-14(4)11-7-6-10(8-13-11)12(15)9(2)3/h6-9H,5H2,1-4H3. The van der Waals surface area contributed by atoms with Crippen LogP contribution in [0, 0.1) is 5.92 Å². The molecular formula is C12H18N2O. The average molecular weight is 206 g/mol. The summed E-state index contributed by atoms with van der Waals surface area (Å²) in [7, 11) is 1.98. The Balaban J connectivity index is 2.85. The predicted octanol–water partition coefficient (Wildman–Crippen LogP) is 2.38. The van der Waals surface area contributed by atoms with E-state index in [-0.39, 0.29) is 11.7 Å². The lowest BCUT2D eigenvalue weighted by Crippen LogP contribution is -2.17. The molecule has 0 aliphatic rings. The van der Waals surface area contributed by atoms with Crippen molar-refractivity contribution in [2.24, 2.45) is 5.92 Å². The lowest BCUT2D eigenvalue weighted by atomic mass is 10.0. The highest BCUT2D eigenvalue weighted by Crippen LogP contribution is 2.12. The van der Waals surface area contributed by atoms with E-state index < -0.39 is 0 Å². The molecule has 1 rings (SSSR count). The van der Waals surface area contributed by atoms with Crippen LogP contribution in [0.1, 0.15) is 31.1 Å². The average Bonchev–Trinajstić information content (AvgIpc) is 2.27. The summed E-state index contributed by atoms with van der Waals surface area (Å²) < 4.78 is 0. The molecule has 1 aromatic rings. The van der Waals surface area contributed by atoms with Crippen LogP contribution >= 0.6 is 0 Å². The van der Waals surface area contributed by atoms with Gasteiger partial charge in [0.2, 0.25) is 0 Å². The maximum atomic E-state index is 11.6. The van der Waals surface area contributed by atoms with Crippen molar-refractivity contribution in [2.75, 3.05) is 18.5 Å². The van der Waals surface area contributed by atoms with Crippen LogP contribution < -0.4 is 4.90 Å². The highest BCUT2D eigenvalue weighted by Gasteiger charge is 2.10. The largest absolute Gasteiger partial charge is 0.360 e. The molecular weight excluding hydrogens is 188 g/mol. The van der Waals surface area contributed by atoms with E-state index in [0.717, 1.165) is 12.4 Å². The van der Waals surface area contributed by atoms with E-state index in [4.69, 9.17) is 0 Å². The third-order valence-electron chi connectivity index (χ3n) is 2.42. The number of pyridine rings is 1. The molecule has 0 saturated heterocycles. The summed E-state index contributed by atoms with van der Waals surface area (Å²) >= 11 is 0. The van der Waals surface area contributed by atoms with Crippen molar-refractivity contribution in [3.05, 3.63) is 23.9 Å². The van der Waals surface area contributed by atoms with E-state index >= 15 is 0 Å². The fourth-order valence-corrected chi connectivity index (χ4v) is 1.25. The van der Waals surface area contributed by atoms with Crippen LogP contribution in [0.15, 0.2) is 18.3 Å². The number of ketones is 1. The summed E-state index contributed by atoms with van der Waals surface area (Å²) in [6, 6.07) is 3.73. The topological polar surface area (TPSA) is 33.2 Å². The minimum atomic E-state index is 0.0292. The minimum absolute atomic E-state index is 0.0292. The quantitative estimate of drug-likeness (QED) is 0.709. The smallest absolute Gasteiger partial charge is 0.166 e. The van der Waals surface area contributed by atoms with E-state index in [1.54, 1.807) is 6.20 Å². The maximum Gasteiger partial charge on any atom is 0.166 e. The van der Waals surface area contributed by atoms with Gasteiger partial charge in [0.15, 0.2) is 5.78 Å². The first-order chi connectivity index (χ1) is 7.06. The van der Waals surface area contributed by atoms with Gasteiger partial charge in [-0.25, -0.2) is 4.98 Å². The molecule has 1 heterocycles. The van der Waals surface area contributed by atoms with Crippen molar-refractivity contribution in [3.63, 3.8) is 0 Å². The molecule has 0 amide bonds. The third-order valence-corrected chi connectivity index (χ3v) is 2.42. The van der Waals surface area contributed by atoms with Gasteiger partial charge in [-0.2, -0.15) is 0 Å². The predicted molar refractivity (Wildman–Crippen MR) is 62.3 cm³/mol. The van der Waals surface area contributed by atoms with Crippen molar-refractivity contribution < 1.29 is 4.79 Å². The molecule has 82 valence electrons. The van der Waals surface area contributed by atoms with Crippen LogP contribution in [0.5, 0.6) is 0 Å². The molecule has 0 atom stereocenters. The number of hydrogen-bond acceptors (Lipinski definition) is 3. The van der Waals surface area contributed by atoms with Crippen LogP contribution in [-0.4, -0.2) is 24.4 Å². The molecule has 0 spiro atoms. The molecule has 0 unspecified atom stereocenters. The van der Waals surface area contributed by atoms with Crippen molar-refractivity contribution >= 4 is 11.6 Å². The Morgan fingerprint density at radius 2 is 2.13 bits per heavy atom. The summed E-state index contributed by atoms with van der Waals surface area (Å²) in [6.45, 7) is 6.77. The Hall–Kier alpha value is -1.38. The summed E-state index contributed by atoms with van der Waals surface area (Å²) in [5, 5.41) is 0. The molecule has 1 aromatic heterocycles. The zero-order valence-corrected chi connectivity index (χ0v) is 9.82. The van der Waals surface area contributed by atoms with Crippen LogP contribution in [-0.2, 0) is 0 Å². The Morgan fingerprint density at radius 3 is 2.53 bits per heavy atom. The molecule has 0 fully saturated rings. The number of hydrogen-bond donors (Lipinski definition) is 0. The molecule has 0 radical (unpaired) electrons. The number of carbonyl (C=O) groups is 1. The highest BCUT2D eigenvalue weighted by atomic mass is 16.1. The van der Waals surface area contributed by atoms with Crippen LogP contribution in [0.3, 0.4) is 0 Å². The van der Waals surface area contributed by atoms with Crippen molar-refractivity contribution in [2.45, 2.75) is 20.8 Å². The van der Waals surface area contributed by atoms with Gasteiger partial charge in [-0.1, -0.05) is 13.8 Å². The van der Waals surface area contributed by atoms with Gasteiger partial charge in [-0.3, -0.25) is 4.79 Å². The summed E-state index contributed by atoms with van der Waals surface area (Å²) in [5.74, 6) is 1.08. The lowest BCUT2D eigenvalue weighted by Gasteiger charge is -2.15. The molecule has 0 aliphatic heterocycles. The molecule has 15 heavy (non-hydrogen) atoms. The first-order valence-electron chi connectivity index (χ1n) is 5.27. The van der Waals surface area contributed by atoms with E-state index in [0.29, 0.717) is 5.56 Å². The van der Waals surface area contributed by atoms with Gasteiger partial charge in [-0.05, 0) is 19.1 Å². The monoisotopic (exact) mass is 206 g/mol. The fourth-order valence-electron chi connectivity index (χ4n) is 1.25. The second kappa shape index (κ2) is 4.91. The van der Waals surface area contributed by atoms with Crippen LogP contribution in [0.4, 0.5) is 5.82 Å². The second-order valence-corrected chi connectivity index (χ2v) is 3.94. The van der Waals surface area contributed by atoms with E-state index in [9.17, 15) is 4.79 Å². The Labute approximate surface area is 91.1 Å². The second-order valence-electron chi connectivity index (χ2n) is 3.94. The molecule has 3 heteroatoms. The lowest BCUT2D eigenvalue weighted by molar-refractivity contribution is 0.0939. The number of nitrogens with zero attached hydrogens (tertiary/aromatic N) is 2. The van der Waals surface area contributed by atoms with Crippen LogP contribution in [0.25, 0.3) is 0 Å². The number of rotatable bonds is 4. The van der Waals surface area contributed by atoms with Gasteiger partial charge >= 0.3 is 0 Å². The maximum absolute atomic E-state index is 11.6. The Kier molecular flexibility index (Phi) is 3.83. The van der Waals surface area contributed by atoms with Gasteiger partial charge in [0.1, 0.15) is 5.82 Å². The van der Waals surface area contributed by atoms with Crippen molar-refractivity contribution in [1.82, 2.24) is 4.98 Å². The Bertz CT molecular complexity index is 330. The normalized spacial score (nSPS) is 10.5. The van der Waals surface area contributed by atoms with E-state index in [1.807, 2.05) is 37.9 Å². The molecule has 0 aromatic carbocycles.